The summed E-state index contributed by atoms with van der Waals surface area (Å²) in [6.07, 6.45) is 0.264. The number of aromatic nitrogens is 2. The number of anilines is 2. The fourth-order valence-corrected chi connectivity index (χ4v) is 4.71. The quantitative estimate of drug-likeness (QED) is 0.117. The van der Waals surface area contributed by atoms with E-state index in [-0.39, 0.29) is 24.4 Å². The molecule has 12 nitrogen and oxygen atoms in total. The molecule has 0 saturated heterocycles. The molecule has 2 heterocycles. The molecule has 0 radical (unpaired) electrons. The van der Waals surface area contributed by atoms with Crippen molar-refractivity contribution < 1.29 is 42.9 Å². The van der Waals surface area contributed by atoms with Crippen LogP contribution in [0.2, 0.25) is 5.02 Å². The summed E-state index contributed by atoms with van der Waals surface area (Å²) in [6, 6.07) is 8.47. The van der Waals surface area contributed by atoms with Gasteiger partial charge in [0.2, 0.25) is 28.9 Å². The smallest absolute Gasteiger partial charge is 0.412 e. The third-order valence-corrected chi connectivity index (χ3v) is 6.55. The minimum Gasteiger partial charge on any atom is -0.618 e. The molecule has 1 aliphatic rings. The number of Topliss-reactive ketones (excluding diaryl/α,β-unsaturated/α-hetero) is 1. The number of benzene rings is 1. The van der Waals surface area contributed by atoms with Gasteiger partial charge in [0, 0.05) is 35.1 Å². The zero-order chi connectivity index (χ0) is 31.7. The molecule has 43 heavy (non-hydrogen) atoms. The van der Waals surface area contributed by atoms with Gasteiger partial charge in [-0.3, -0.25) is 14.9 Å². The zero-order valence-corrected chi connectivity index (χ0v) is 24.4. The Morgan fingerprint density at radius 3 is 2.53 bits per heavy atom. The van der Waals surface area contributed by atoms with E-state index in [1.807, 2.05) is 0 Å². The maximum absolute atomic E-state index is 14.3. The lowest BCUT2D eigenvalue weighted by molar-refractivity contribution is -0.620. The summed E-state index contributed by atoms with van der Waals surface area (Å²) in [7, 11) is 0. The highest BCUT2D eigenvalue weighted by Crippen LogP contribution is 2.39. The number of aliphatic hydroxyl groups is 1. The second kappa shape index (κ2) is 11.9. The number of pyridine rings is 2. The molecule has 1 aliphatic carbocycles. The normalized spacial score (nSPS) is 15.8. The number of nitrogens with one attached hydrogen (secondary N) is 2. The van der Waals surface area contributed by atoms with Crippen molar-refractivity contribution >= 4 is 46.9 Å². The molecule has 2 amide bonds. The number of hydrogen-bond acceptors (Lipinski definition) is 9. The molecule has 14 heteroatoms. The number of aryl methyl sites for hydroxylation is 1. The second-order valence-corrected chi connectivity index (χ2v) is 11.3. The van der Waals surface area contributed by atoms with Gasteiger partial charge < -0.3 is 25.1 Å². The standard InChI is InChI=1S/C29H28ClFN4O8/c1-15(36)32-23-8-6-19(25(31)34-23)22(37)14-42-26(38)29(40)10-9-16-11-17(13-35(41)24(16)29)20-12-18(30)5-7-21(20)33-27(39)43-28(2,3)4/h5-8,11-13,40H,9-10,14H2,1-4H3,(H,33,39)(H,32,34,36). The molecule has 0 aliphatic heterocycles. The van der Waals surface area contributed by atoms with Crippen molar-refractivity contribution in [1.29, 1.82) is 0 Å². The first-order valence-electron chi connectivity index (χ1n) is 13.0. The summed E-state index contributed by atoms with van der Waals surface area (Å²) in [5.41, 5.74) is -2.58. The molecule has 3 aromatic rings. The van der Waals surface area contributed by atoms with Gasteiger partial charge in [-0.25, -0.2) is 14.6 Å². The number of halogens is 2. The fraction of sp³-hybridized carbons (Fsp3) is 0.310. The summed E-state index contributed by atoms with van der Waals surface area (Å²) in [5.74, 6) is -4.01. The topological polar surface area (TPSA) is 171 Å². The van der Waals surface area contributed by atoms with Gasteiger partial charge in [-0.15, -0.1) is 0 Å². The van der Waals surface area contributed by atoms with Crippen molar-refractivity contribution in [2.24, 2.45) is 0 Å². The second-order valence-electron chi connectivity index (χ2n) is 10.8. The monoisotopic (exact) mass is 614 g/mol. The Hall–Kier alpha value is -4.62. The van der Waals surface area contributed by atoms with Gasteiger partial charge in [0.1, 0.15) is 11.4 Å². The van der Waals surface area contributed by atoms with Crippen LogP contribution >= 0.6 is 11.6 Å². The van der Waals surface area contributed by atoms with Gasteiger partial charge in [0.15, 0.2) is 12.8 Å². The summed E-state index contributed by atoms with van der Waals surface area (Å²) in [6.45, 7) is 5.39. The van der Waals surface area contributed by atoms with E-state index in [1.54, 1.807) is 39.0 Å². The minimum absolute atomic E-state index is 0.101. The highest BCUT2D eigenvalue weighted by Gasteiger charge is 2.52. The summed E-state index contributed by atoms with van der Waals surface area (Å²) in [5, 5.41) is 29.6. The maximum Gasteiger partial charge on any atom is 0.412 e. The summed E-state index contributed by atoms with van der Waals surface area (Å²) in [4.78, 5) is 52.5. The largest absolute Gasteiger partial charge is 0.618 e. The highest BCUT2D eigenvalue weighted by molar-refractivity contribution is 6.31. The molecule has 4 rings (SSSR count). The first-order chi connectivity index (χ1) is 20.1. The average Bonchev–Trinajstić information content (AvgIpc) is 3.24. The number of amides is 2. The van der Waals surface area contributed by atoms with Gasteiger partial charge in [0.05, 0.1) is 11.3 Å². The first kappa shape index (κ1) is 31.3. The van der Waals surface area contributed by atoms with Crippen LogP contribution in [0.3, 0.4) is 0 Å². The van der Waals surface area contributed by atoms with E-state index in [0.29, 0.717) is 32.1 Å². The van der Waals surface area contributed by atoms with Crippen LogP contribution in [0.4, 0.5) is 20.7 Å². The number of hydrogen-bond donors (Lipinski definition) is 3. The molecule has 3 N–H and O–H groups in total. The van der Waals surface area contributed by atoms with Crippen molar-refractivity contribution in [2.75, 3.05) is 17.2 Å². The van der Waals surface area contributed by atoms with Crippen LogP contribution in [-0.4, -0.2) is 46.1 Å². The van der Waals surface area contributed by atoms with E-state index in [4.69, 9.17) is 21.1 Å². The van der Waals surface area contributed by atoms with E-state index < -0.39 is 53.1 Å². The van der Waals surface area contributed by atoms with Crippen molar-refractivity contribution in [3.8, 4) is 11.1 Å². The van der Waals surface area contributed by atoms with Crippen molar-refractivity contribution in [2.45, 2.75) is 51.7 Å². The SMILES string of the molecule is CC(=O)Nc1ccc(C(=O)COC(=O)C2(O)CCc3cc(-c4cc(Cl)ccc4NC(=O)OC(C)(C)C)c[n+]([O-])c32)c(F)n1. The number of carbonyl (C=O) groups excluding carboxylic acids is 4. The van der Waals surface area contributed by atoms with Gasteiger partial charge in [-0.05, 0) is 63.6 Å². The van der Waals surface area contributed by atoms with E-state index >= 15 is 0 Å². The van der Waals surface area contributed by atoms with Gasteiger partial charge in [-0.1, -0.05) is 11.6 Å². The average molecular weight is 615 g/mol. The molecular formula is C29H28ClFN4O8. The lowest BCUT2D eigenvalue weighted by Crippen LogP contribution is -2.46. The molecule has 0 fully saturated rings. The van der Waals surface area contributed by atoms with Crippen molar-refractivity contribution in [3.05, 3.63) is 75.6 Å². The Morgan fingerprint density at radius 1 is 1.16 bits per heavy atom. The van der Waals surface area contributed by atoms with Crippen LogP contribution in [0.1, 0.15) is 55.7 Å². The number of esters is 1. The molecule has 0 spiro atoms. The van der Waals surface area contributed by atoms with Crippen molar-refractivity contribution in [1.82, 2.24) is 4.98 Å². The molecule has 1 aromatic carbocycles. The van der Waals surface area contributed by atoms with Crippen LogP contribution in [0.15, 0.2) is 42.6 Å². The minimum atomic E-state index is -2.38. The van der Waals surface area contributed by atoms with Gasteiger partial charge in [-0.2, -0.15) is 9.12 Å². The Kier molecular flexibility index (Phi) is 8.69. The maximum atomic E-state index is 14.3. The third kappa shape index (κ3) is 7.07. The van der Waals surface area contributed by atoms with Crippen molar-refractivity contribution in [3.63, 3.8) is 0 Å². The highest BCUT2D eigenvalue weighted by atomic mass is 35.5. The predicted octanol–water partition coefficient (Wildman–Crippen LogP) is 4.04. The molecule has 2 aromatic heterocycles. The Labute approximate surface area is 250 Å². The number of nitrogens with zero attached hydrogens (tertiary/aromatic N) is 2. The molecule has 0 saturated carbocycles. The van der Waals surface area contributed by atoms with Crippen LogP contribution < -0.4 is 15.4 Å². The Balaban J connectivity index is 1.54. The number of ether oxygens (including phenoxy) is 2. The van der Waals surface area contributed by atoms with Gasteiger partial charge >= 0.3 is 12.1 Å². The number of ketones is 1. The molecule has 1 unspecified atom stereocenters. The molecule has 1 atom stereocenters. The first-order valence-corrected chi connectivity index (χ1v) is 13.4. The van der Waals surface area contributed by atoms with Crippen LogP contribution in [0.25, 0.3) is 11.1 Å². The van der Waals surface area contributed by atoms with Gasteiger partial charge in [0.25, 0.3) is 0 Å². The van der Waals surface area contributed by atoms with E-state index in [1.165, 1.54) is 19.1 Å². The van der Waals surface area contributed by atoms with E-state index in [0.717, 1.165) is 12.3 Å². The lowest BCUT2D eigenvalue weighted by atomic mass is 9.99. The van der Waals surface area contributed by atoms with Crippen LogP contribution in [-0.2, 0) is 31.1 Å². The number of rotatable bonds is 7. The zero-order valence-electron chi connectivity index (χ0n) is 23.6. The predicted molar refractivity (Wildman–Crippen MR) is 152 cm³/mol. The van der Waals surface area contributed by atoms with Crippen LogP contribution in [0.5, 0.6) is 0 Å². The number of carbonyl (C=O) groups is 4. The summed E-state index contributed by atoms with van der Waals surface area (Å²) < 4.78 is 25.0. The number of fused-ring (bicyclic) bond motifs is 1. The molecule has 0 bridgehead atoms. The van der Waals surface area contributed by atoms with E-state index in [9.17, 15) is 33.9 Å². The Morgan fingerprint density at radius 2 is 1.88 bits per heavy atom. The lowest BCUT2D eigenvalue weighted by Gasteiger charge is -2.21. The molecule has 226 valence electrons. The van der Waals surface area contributed by atoms with E-state index in [2.05, 4.69) is 15.6 Å². The van der Waals surface area contributed by atoms with Crippen LogP contribution in [0, 0.1) is 11.2 Å². The molecular weight excluding hydrogens is 587 g/mol. The Bertz CT molecular complexity index is 1640. The fourth-order valence-electron chi connectivity index (χ4n) is 4.54. The summed E-state index contributed by atoms with van der Waals surface area (Å²) >= 11 is 6.19. The third-order valence-electron chi connectivity index (χ3n) is 6.31.